The summed E-state index contributed by atoms with van der Waals surface area (Å²) in [6.45, 7) is 3.28. The number of piperidine rings is 3. The highest BCUT2D eigenvalue weighted by Gasteiger charge is 2.35. The highest BCUT2D eigenvalue weighted by Crippen LogP contribution is 2.28. The quantitative estimate of drug-likeness (QED) is 0.943. The van der Waals surface area contributed by atoms with Crippen LogP contribution in [0.2, 0.25) is 0 Å². The summed E-state index contributed by atoms with van der Waals surface area (Å²) >= 11 is 0. The van der Waals surface area contributed by atoms with Crippen molar-refractivity contribution in [3.05, 3.63) is 42.4 Å². The van der Waals surface area contributed by atoms with E-state index in [2.05, 4.69) is 15.2 Å². The Morgan fingerprint density at radius 3 is 2.68 bits per heavy atom. The number of benzene rings is 1. The fourth-order valence-corrected chi connectivity index (χ4v) is 3.57. The molecule has 3 aliphatic heterocycles. The van der Waals surface area contributed by atoms with Crippen LogP contribution >= 0.6 is 0 Å². The molecule has 114 valence electrons. The Hall–Kier alpha value is -2.14. The minimum Gasteiger partial charge on any atom is -0.443 e. The molecular formula is C17H19N3O2. The van der Waals surface area contributed by atoms with Crippen molar-refractivity contribution in [3.8, 4) is 11.3 Å². The van der Waals surface area contributed by atoms with Gasteiger partial charge in [-0.25, -0.2) is 4.98 Å². The van der Waals surface area contributed by atoms with E-state index in [9.17, 15) is 4.79 Å². The summed E-state index contributed by atoms with van der Waals surface area (Å²) in [6.07, 6.45) is 3.69. The molecular weight excluding hydrogens is 278 g/mol. The minimum atomic E-state index is -0.133. The third-order valence-electron chi connectivity index (χ3n) is 4.79. The molecule has 2 bridgehead atoms. The van der Waals surface area contributed by atoms with Gasteiger partial charge in [0.25, 0.3) is 5.91 Å². The average Bonchev–Trinajstić information content (AvgIpc) is 3.06. The van der Waals surface area contributed by atoms with Crippen LogP contribution in [0.25, 0.3) is 11.3 Å². The number of nitrogens with one attached hydrogen (secondary N) is 1. The SMILES string of the molecule is O=C(N[C@H]1CN2CCC1CC2)c1ncoc1-c1ccccc1. The maximum atomic E-state index is 12.6. The van der Waals surface area contributed by atoms with Gasteiger partial charge in [-0.15, -0.1) is 0 Å². The molecule has 0 saturated carbocycles. The van der Waals surface area contributed by atoms with Gasteiger partial charge in [0, 0.05) is 18.2 Å². The number of hydrogen-bond acceptors (Lipinski definition) is 4. The van der Waals surface area contributed by atoms with Crippen LogP contribution in [0.1, 0.15) is 23.3 Å². The number of carbonyl (C=O) groups is 1. The second-order valence-corrected chi connectivity index (χ2v) is 6.11. The molecule has 2 aromatic rings. The van der Waals surface area contributed by atoms with Gasteiger partial charge in [0.2, 0.25) is 0 Å². The number of oxazole rings is 1. The first-order valence-corrected chi connectivity index (χ1v) is 7.83. The molecule has 5 rings (SSSR count). The van der Waals surface area contributed by atoms with Crippen LogP contribution in [0.3, 0.4) is 0 Å². The minimum absolute atomic E-state index is 0.133. The van der Waals surface area contributed by atoms with E-state index in [4.69, 9.17) is 4.42 Å². The van der Waals surface area contributed by atoms with Gasteiger partial charge in [-0.3, -0.25) is 4.79 Å². The Morgan fingerprint density at radius 1 is 1.23 bits per heavy atom. The summed E-state index contributed by atoms with van der Waals surface area (Å²) in [7, 11) is 0. The number of hydrogen-bond donors (Lipinski definition) is 1. The van der Waals surface area contributed by atoms with Gasteiger partial charge in [-0.2, -0.15) is 0 Å². The molecule has 1 aromatic heterocycles. The van der Waals surface area contributed by atoms with Crippen LogP contribution in [0, 0.1) is 5.92 Å². The molecule has 3 saturated heterocycles. The van der Waals surface area contributed by atoms with E-state index in [-0.39, 0.29) is 11.9 Å². The fourth-order valence-electron chi connectivity index (χ4n) is 3.57. The third-order valence-corrected chi connectivity index (χ3v) is 4.79. The maximum Gasteiger partial charge on any atom is 0.274 e. The predicted octanol–water partition coefficient (Wildman–Crippen LogP) is 2.17. The van der Waals surface area contributed by atoms with Crippen molar-refractivity contribution in [2.45, 2.75) is 18.9 Å². The molecule has 1 amide bonds. The second kappa shape index (κ2) is 5.57. The molecule has 3 fully saturated rings. The van der Waals surface area contributed by atoms with Gasteiger partial charge in [-0.05, 0) is 31.8 Å². The Morgan fingerprint density at radius 2 is 2.00 bits per heavy atom. The third kappa shape index (κ3) is 2.41. The van der Waals surface area contributed by atoms with E-state index >= 15 is 0 Å². The van der Waals surface area contributed by atoms with E-state index in [1.54, 1.807) is 0 Å². The zero-order chi connectivity index (χ0) is 14.9. The lowest BCUT2D eigenvalue weighted by molar-refractivity contribution is 0.0618. The van der Waals surface area contributed by atoms with E-state index in [0.717, 1.165) is 25.2 Å². The Kier molecular flexibility index (Phi) is 3.42. The Bertz CT molecular complexity index is 660. The normalized spacial score (nSPS) is 26.8. The molecule has 3 aliphatic rings. The smallest absolute Gasteiger partial charge is 0.274 e. The van der Waals surface area contributed by atoms with Crippen molar-refractivity contribution in [1.82, 2.24) is 15.2 Å². The lowest BCUT2D eigenvalue weighted by Gasteiger charge is -2.44. The molecule has 0 unspecified atom stereocenters. The summed E-state index contributed by atoms with van der Waals surface area (Å²) in [6, 6.07) is 9.86. The monoisotopic (exact) mass is 297 g/mol. The van der Waals surface area contributed by atoms with Gasteiger partial charge < -0.3 is 14.6 Å². The molecule has 22 heavy (non-hydrogen) atoms. The van der Waals surface area contributed by atoms with Crippen molar-refractivity contribution in [2.24, 2.45) is 5.92 Å². The number of carbonyl (C=O) groups excluding carboxylic acids is 1. The van der Waals surface area contributed by atoms with E-state index in [0.29, 0.717) is 17.4 Å². The number of fused-ring (bicyclic) bond motifs is 3. The van der Waals surface area contributed by atoms with Crippen LogP contribution in [-0.4, -0.2) is 41.5 Å². The summed E-state index contributed by atoms with van der Waals surface area (Å²) in [4.78, 5) is 19.1. The fraction of sp³-hybridized carbons (Fsp3) is 0.412. The van der Waals surface area contributed by atoms with E-state index in [1.807, 2.05) is 30.3 Å². The average molecular weight is 297 g/mol. The molecule has 1 atom stereocenters. The van der Waals surface area contributed by atoms with Crippen molar-refractivity contribution < 1.29 is 9.21 Å². The Balaban J connectivity index is 1.53. The number of rotatable bonds is 3. The summed E-state index contributed by atoms with van der Waals surface area (Å²) in [5.41, 5.74) is 1.25. The van der Waals surface area contributed by atoms with Crippen molar-refractivity contribution in [2.75, 3.05) is 19.6 Å². The van der Waals surface area contributed by atoms with Crippen molar-refractivity contribution >= 4 is 5.91 Å². The second-order valence-electron chi connectivity index (χ2n) is 6.11. The molecule has 5 nitrogen and oxygen atoms in total. The summed E-state index contributed by atoms with van der Waals surface area (Å²) < 4.78 is 5.44. The van der Waals surface area contributed by atoms with Gasteiger partial charge in [0.15, 0.2) is 17.8 Å². The van der Waals surface area contributed by atoms with Gasteiger partial charge in [0.1, 0.15) is 0 Å². The molecule has 1 aromatic carbocycles. The van der Waals surface area contributed by atoms with E-state index < -0.39 is 0 Å². The van der Waals surface area contributed by atoms with E-state index in [1.165, 1.54) is 19.2 Å². The standard InChI is InChI=1S/C17H19N3O2/c21-17(19-14-10-20-8-6-12(14)7-9-20)15-16(22-11-18-15)13-4-2-1-3-5-13/h1-5,11-12,14H,6-10H2,(H,19,21)/t14-/m0/s1. The lowest BCUT2D eigenvalue weighted by Crippen LogP contribution is -2.57. The molecule has 0 radical (unpaired) electrons. The largest absolute Gasteiger partial charge is 0.443 e. The van der Waals surface area contributed by atoms with Gasteiger partial charge in [-0.1, -0.05) is 30.3 Å². The maximum absolute atomic E-state index is 12.6. The van der Waals surface area contributed by atoms with Crippen molar-refractivity contribution in [3.63, 3.8) is 0 Å². The van der Waals surface area contributed by atoms with Crippen molar-refractivity contribution in [1.29, 1.82) is 0 Å². The van der Waals surface area contributed by atoms with Crippen LogP contribution in [0.5, 0.6) is 0 Å². The molecule has 4 heterocycles. The van der Waals surface area contributed by atoms with Crippen LogP contribution < -0.4 is 5.32 Å². The van der Waals surface area contributed by atoms with Crippen LogP contribution in [-0.2, 0) is 0 Å². The number of nitrogens with zero attached hydrogens (tertiary/aromatic N) is 2. The van der Waals surface area contributed by atoms with Gasteiger partial charge in [0.05, 0.1) is 0 Å². The zero-order valence-electron chi connectivity index (χ0n) is 12.4. The topological polar surface area (TPSA) is 58.4 Å². The summed E-state index contributed by atoms with van der Waals surface area (Å²) in [5.74, 6) is 1.01. The number of aromatic nitrogens is 1. The highest BCUT2D eigenvalue weighted by molar-refractivity contribution is 5.97. The first kappa shape index (κ1) is 13.5. The zero-order valence-corrected chi connectivity index (χ0v) is 12.4. The highest BCUT2D eigenvalue weighted by atomic mass is 16.3. The van der Waals surface area contributed by atoms with Crippen LogP contribution in [0.15, 0.2) is 41.1 Å². The molecule has 5 heteroatoms. The number of amides is 1. The Labute approximate surface area is 129 Å². The molecule has 0 aliphatic carbocycles. The summed E-state index contributed by atoms with van der Waals surface area (Å²) in [5, 5.41) is 3.16. The van der Waals surface area contributed by atoms with Gasteiger partial charge >= 0.3 is 0 Å². The lowest BCUT2D eigenvalue weighted by atomic mass is 9.84. The first-order chi connectivity index (χ1) is 10.8. The first-order valence-electron chi connectivity index (χ1n) is 7.83. The predicted molar refractivity (Wildman–Crippen MR) is 82.4 cm³/mol. The van der Waals surface area contributed by atoms with Crippen LogP contribution in [0.4, 0.5) is 0 Å². The molecule has 0 spiro atoms. The molecule has 1 N–H and O–H groups in total.